The second kappa shape index (κ2) is 8.70. The number of fused-ring (bicyclic) bond motifs is 2. The van der Waals surface area contributed by atoms with Crippen molar-refractivity contribution in [3.05, 3.63) is 41.5 Å². The van der Waals surface area contributed by atoms with Gasteiger partial charge in [0.15, 0.2) is 11.6 Å². The maximum Gasteiger partial charge on any atom is 0.410 e. The number of benzene rings is 2. The van der Waals surface area contributed by atoms with Crippen molar-refractivity contribution in [2.75, 3.05) is 39.1 Å². The van der Waals surface area contributed by atoms with Gasteiger partial charge in [-0.15, -0.1) is 0 Å². The summed E-state index contributed by atoms with van der Waals surface area (Å²) in [6.07, 6.45) is -0.393. The maximum atomic E-state index is 15.7. The van der Waals surface area contributed by atoms with Crippen LogP contribution in [0.25, 0.3) is 11.1 Å². The van der Waals surface area contributed by atoms with Gasteiger partial charge in [-0.3, -0.25) is 4.90 Å². The second-order valence-corrected chi connectivity index (χ2v) is 9.32. The van der Waals surface area contributed by atoms with Crippen molar-refractivity contribution in [3.63, 3.8) is 0 Å². The van der Waals surface area contributed by atoms with Crippen molar-refractivity contribution in [1.82, 2.24) is 9.80 Å². The predicted molar refractivity (Wildman–Crippen MR) is 120 cm³/mol. The zero-order valence-corrected chi connectivity index (χ0v) is 19.3. The van der Waals surface area contributed by atoms with Gasteiger partial charge in [0.2, 0.25) is 0 Å². The Kier molecular flexibility index (Phi) is 6.09. The molecule has 0 radical (unpaired) electrons. The zero-order chi connectivity index (χ0) is 23.9. The lowest BCUT2D eigenvalue weighted by molar-refractivity contribution is -0.00164. The highest BCUT2D eigenvalue weighted by Gasteiger charge is 2.36. The molecule has 0 unspecified atom stereocenters. The van der Waals surface area contributed by atoms with Crippen molar-refractivity contribution in [1.29, 1.82) is 0 Å². The molecule has 1 saturated heterocycles. The quantitative estimate of drug-likeness (QED) is 0.681. The van der Waals surface area contributed by atoms with Crippen LogP contribution in [0.1, 0.15) is 26.3 Å². The minimum Gasteiger partial charge on any atom is -0.496 e. The Labute approximate surface area is 192 Å². The Balaban J connectivity index is 1.63. The standard InChI is InChI=1S/C24H29F2N3O4/c1-24(2,3)33-23(30)29-9-8-28-11-14-10-16(25)19(20-17(27)6-5-7-18(20)31-4)21(26)22(14)32-13-15(28)12-29/h5-7,10,15H,8-9,11-13,27H2,1-4H3/t15-/m1/s1. The van der Waals surface area contributed by atoms with Crippen LogP contribution in [0.5, 0.6) is 11.5 Å². The van der Waals surface area contributed by atoms with Gasteiger partial charge >= 0.3 is 6.09 Å². The minimum absolute atomic E-state index is 0.00470. The number of methoxy groups -OCH3 is 1. The first kappa shape index (κ1) is 23.1. The van der Waals surface area contributed by atoms with E-state index < -0.39 is 23.3 Å². The highest BCUT2D eigenvalue weighted by atomic mass is 19.1. The number of anilines is 1. The van der Waals surface area contributed by atoms with Gasteiger partial charge in [-0.25, -0.2) is 13.6 Å². The van der Waals surface area contributed by atoms with Crippen LogP contribution >= 0.6 is 0 Å². The maximum absolute atomic E-state index is 15.7. The highest BCUT2D eigenvalue weighted by Crippen LogP contribution is 2.43. The second-order valence-electron chi connectivity index (χ2n) is 9.32. The first-order valence-electron chi connectivity index (χ1n) is 10.9. The van der Waals surface area contributed by atoms with Gasteiger partial charge in [0.1, 0.15) is 23.8 Å². The molecule has 1 atom stereocenters. The number of hydrogen-bond donors (Lipinski definition) is 1. The Morgan fingerprint density at radius 1 is 1.21 bits per heavy atom. The summed E-state index contributed by atoms with van der Waals surface area (Å²) in [6.45, 7) is 7.27. The van der Waals surface area contributed by atoms with Gasteiger partial charge < -0.3 is 24.8 Å². The average molecular weight is 462 g/mol. The number of nitrogens with zero attached hydrogens (tertiary/aromatic N) is 2. The summed E-state index contributed by atoms with van der Waals surface area (Å²) in [5.41, 5.74) is 5.94. The molecule has 9 heteroatoms. The molecular formula is C24H29F2N3O4. The molecule has 0 spiro atoms. The van der Waals surface area contributed by atoms with E-state index in [9.17, 15) is 4.79 Å². The molecule has 0 aliphatic carbocycles. The number of piperazine rings is 1. The normalized spacial score (nSPS) is 18.6. The molecule has 2 aliphatic rings. The summed E-state index contributed by atoms with van der Waals surface area (Å²) in [5, 5.41) is 0. The molecule has 1 fully saturated rings. The summed E-state index contributed by atoms with van der Waals surface area (Å²) in [4.78, 5) is 16.2. The van der Waals surface area contributed by atoms with Gasteiger partial charge in [0.25, 0.3) is 0 Å². The fourth-order valence-corrected chi connectivity index (χ4v) is 4.29. The van der Waals surface area contributed by atoms with Gasteiger partial charge in [-0.05, 0) is 39.0 Å². The highest BCUT2D eigenvalue weighted by molar-refractivity contribution is 5.83. The number of ether oxygens (including phenoxy) is 3. The van der Waals surface area contributed by atoms with Crippen molar-refractivity contribution < 1.29 is 27.8 Å². The van der Waals surface area contributed by atoms with Crippen molar-refractivity contribution >= 4 is 11.8 Å². The lowest BCUT2D eigenvalue weighted by Gasteiger charge is -2.40. The summed E-state index contributed by atoms with van der Waals surface area (Å²) in [7, 11) is 1.42. The summed E-state index contributed by atoms with van der Waals surface area (Å²) in [5.74, 6) is -1.29. The fraction of sp³-hybridized carbons (Fsp3) is 0.458. The summed E-state index contributed by atoms with van der Waals surface area (Å²) < 4.78 is 47.5. The number of rotatable bonds is 2. The predicted octanol–water partition coefficient (Wildman–Crippen LogP) is 4.04. The van der Waals surface area contributed by atoms with Gasteiger partial charge in [-0.1, -0.05) is 6.07 Å². The molecule has 33 heavy (non-hydrogen) atoms. The zero-order valence-electron chi connectivity index (χ0n) is 19.3. The van der Waals surface area contributed by atoms with E-state index in [0.717, 1.165) is 0 Å². The summed E-state index contributed by atoms with van der Waals surface area (Å²) >= 11 is 0. The Morgan fingerprint density at radius 2 is 1.97 bits per heavy atom. The Morgan fingerprint density at radius 3 is 2.67 bits per heavy atom. The van der Waals surface area contributed by atoms with Crippen LogP contribution in [0, 0.1) is 11.6 Å². The molecule has 2 N–H and O–H groups in total. The number of carbonyl (C=O) groups is 1. The van der Waals surface area contributed by atoms with Crippen LogP contribution in [0.2, 0.25) is 0 Å². The molecule has 2 heterocycles. The van der Waals surface area contributed by atoms with E-state index in [4.69, 9.17) is 19.9 Å². The van der Waals surface area contributed by atoms with Crippen LogP contribution in [0.3, 0.4) is 0 Å². The van der Waals surface area contributed by atoms with Crippen molar-refractivity contribution in [2.24, 2.45) is 0 Å². The molecule has 4 rings (SSSR count). The van der Waals surface area contributed by atoms with Crippen molar-refractivity contribution in [3.8, 4) is 22.6 Å². The van der Waals surface area contributed by atoms with Gasteiger partial charge in [-0.2, -0.15) is 0 Å². The molecule has 178 valence electrons. The number of amides is 1. The monoisotopic (exact) mass is 461 g/mol. The lowest BCUT2D eigenvalue weighted by Crippen LogP contribution is -2.56. The third-order valence-electron chi connectivity index (χ3n) is 5.83. The molecule has 2 aliphatic heterocycles. The third kappa shape index (κ3) is 4.55. The third-order valence-corrected chi connectivity index (χ3v) is 5.83. The molecule has 0 bridgehead atoms. The first-order chi connectivity index (χ1) is 15.6. The number of halogens is 2. The number of carbonyl (C=O) groups excluding carboxylic acids is 1. The number of nitrogens with two attached hydrogens (primary N) is 1. The molecular weight excluding hydrogens is 432 g/mol. The van der Waals surface area contributed by atoms with E-state index in [1.807, 2.05) is 20.8 Å². The lowest BCUT2D eigenvalue weighted by atomic mass is 9.98. The van der Waals surface area contributed by atoms with Crippen LogP contribution < -0.4 is 15.2 Å². The van der Waals surface area contributed by atoms with Crippen LogP contribution in [-0.4, -0.2) is 60.9 Å². The average Bonchev–Trinajstić information content (AvgIpc) is 2.92. The molecule has 0 saturated carbocycles. The van der Waals surface area contributed by atoms with Gasteiger partial charge in [0.05, 0.1) is 24.3 Å². The van der Waals surface area contributed by atoms with E-state index in [-0.39, 0.29) is 41.0 Å². The van der Waals surface area contributed by atoms with E-state index >= 15 is 8.78 Å². The molecule has 0 aromatic heterocycles. The van der Waals surface area contributed by atoms with Crippen LogP contribution in [-0.2, 0) is 11.3 Å². The van der Waals surface area contributed by atoms with E-state index in [1.165, 1.54) is 13.2 Å². The fourth-order valence-electron chi connectivity index (χ4n) is 4.29. The topological polar surface area (TPSA) is 77.3 Å². The molecule has 2 aromatic carbocycles. The molecule has 1 amide bonds. The van der Waals surface area contributed by atoms with E-state index in [0.29, 0.717) is 31.7 Å². The van der Waals surface area contributed by atoms with Crippen molar-refractivity contribution in [2.45, 2.75) is 39.0 Å². The van der Waals surface area contributed by atoms with Crippen LogP contribution in [0.4, 0.5) is 19.3 Å². The first-order valence-corrected chi connectivity index (χ1v) is 10.9. The molecule has 7 nitrogen and oxygen atoms in total. The smallest absolute Gasteiger partial charge is 0.410 e. The number of nitrogen functional groups attached to an aromatic ring is 1. The van der Waals surface area contributed by atoms with E-state index in [1.54, 1.807) is 23.1 Å². The number of hydrogen-bond acceptors (Lipinski definition) is 6. The summed E-state index contributed by atoms with van der Waals surface area (Å²) in [6, 6.07) is 5.93. The SMILES string of the molecule is COc1cccc(N)c1-c1c(F)cc2c(c1F)OC[C@H]1CN(C(=O)OC(C)(C)C)CCN1C2. The Hall–Kier alpha value is -3.07. The van der Waals surface area contributed by atoms with E-state index in [2.05, 4.69) is 4.90 Å². The Bertz CT molecular complexity index is 1070. The van der Waals surface area contributed by atoms with Crippen LogP contribution in [0.15, 0.2) is 24.3 Å². The largest absolute Gasteiger partial charge is 0.496 e. The van der Waals surface area contributed by atoms with Gasteiger partial charge in [0, 0.05) is 37.4 Å². The molecule has 2 aromatic rings. The minimum atomic E-state index is -0.815.